The van der Waals surface area contributed by atoms with Crippen molar-refractivity contribution in [2.75, 3.05) is 13.2 Å². The second-order valence-electron chi connectivity index (χ2n) is 5.03. The summed E-state index contributed by atoms with van der Waals surface area (Å²) in [7, 11) is 0. The molecule has 0 aromatic heterocycles. The smallest absolute Gasteiger partial charge is 0.338 e. The number of non-ortho nitro benzene ring substituents is 1. The fourth-order valence-electron chi connectivity index (χ4n) is 2.17. The molecule has 0 aliphatic carbocycles. The number of carbonyl (C=O) groups is 1. The van der Waals surface area contributed by atoms with Crippen LogP contribution in [0, 0.1) is 10.1 Å². The zero-order valence-electron chi connectivity index (χ0n) is 14.1. The first-order valence-corrected chi connectivity index (χ1v) is 7.85. The Bertz CT molecular complexity index is 759. The highest BCUT2D eigenvalue weighted by molar-refractivity contribution is 5.90. The van der Waals surface area contributed by atoms with Crippen LogP contribution in [0.5, 0.6) is 11.5 Å². The molecule has 2 aromatic carbocycles. The van der Waals surface area contributed by atoms with E-state index in [4.69, 9.17) is 14.2 Å². The molecule has 25 heavy (non-hydrogen) atoms. The fraction of sp³-hybridized carbons (Fsp3) is 0.278. The Kier molecular flexibility index (Phi) is 6.33. The molecular weight excluding hydrogens is 326 g/mol. The standard InChI is InChI=1S/C18H19NO6/c1-3-23-16-9-8-14(11-17(16)24-4-2)18(20)25-12-13-6-5-7-15(10-13)19(21)22/h5-11H,3-4,12H2,1-2H3. The maximum Gasteiger partial charge on any atom is 0.338 e. The minimum atomic E-state index is -0.546. The largest absolute Gasteiger partial charge is 0.490 e. The van der Waals surface area contributed by atoms with Gasteiger partial charge in [-0.05, 0) is 37.6 Å². The lowest BCUT2D eigenvalue weighted by atomic mass is 10.2. The highest BCUT2D eigenvalue weighted by Crippen LogP contribution is 2.29. The van der Waals surface area contributed by atoms with Gasteiger partial charge < -0.3 is 14.2 Å². The van der Waals surface area contributed by atoms with E-state index in [9.17, 15) is 14.9 Å². The summed E-state index contributed by atoms with van der Waals surface area (Å²) in [6, 6.07) is 10.8. The molecule has 0 atom stereocenters. The van der Waals surface area contributed by atoms with Crippen molar-refractivity contribution in [1.82, 2.24) is 0 Å². The van der Waals surface area contributed by atoms with Gasteiger partial charge in [0.15, 0.2) is 11.5 Å². The Labute approximate surface area is 145 Å². The lowest BCUT2D eigenvalue weighted by Gasteiger charge is -2.12. The topological polar surface area (TPSA) is 87.9 Å². The highest BCUT2D eigenvalue weighted by atomic mass is 16.6. The van der Waals surface area contributed by atoms with E-state index in [1.807, 2.05) is 13.8 Å². The van der Waals surface area contributed by atoms with Crippen molar-refractivity contribution in [3.8, 4) is 11.5 Å². The number of hydrogen-bond acceptors (Lipinski definition) is 6. The van der Waals surface area contributed by atoms with Crippen LogP contribution in [0.3, 0.4) is 0 Å². The summed E-state index contributed by atoms with van der Waals surface area (Å²) >= 11 is 0. The third-order valence-corrected chi connectivity index (χ3v) is 3.27. The molecule has 0 aliphatic rings. The number of hydrogen-bond donors (Lipinski definition) is 0. The van der Waals surface area contributed by atoms with E-state index >= 15 is 0 Å². The van der Waals surface area contributed by atoms with E-state index in [0.29, 0.717) is 35.8 Å². The number of nitrogens with zero attached hydrogens (tertiary/aromatic N) is 1. The van der Waals surface area contributed by atoms with E-state index in [-0.39, 0.29) is 12.3 Å². The molecule has 0 spiro atoms. The number of benzene rings is 2. The highest BCUT2D eigenvalue weighted by Gasteiger charge is 2.13. The van der Waals surface area contributed by atoms with Crippen molar-refractivity contribution in [2.24, 2.45) is 0 Å². The summed E-state index contributed by atoms with van der Waals surface area (Å²) in [5.41, 5.74) is 0.809. The first-order chi connectivity index (χ1) is 12.0. The van der Waals surface area contributed by atoms with Gasteiger partial charge in [0.05, 0.1) is 23.7 Å². The summed E-state index contributed by atoms with van der Waals surface area (Å²) in [6.45, 7) is 4.56. The van der Waals surface area contributed by atoms with Crippen LogP contribution in [-0.2, 0) is 11.3 Å². The predicted octanol–water partition coefficient (Wildman–Crippen LogP) is 3.75. The molecule has 0 bridgehead atoms. The van der Waals surface area contributed by atoms with E-state index in [1.54, 1.807) is 30.3 Å². The summed E-state index contributed by atoms with van der Waals surface area (Å²) in [5, 5.41) is 10.8. The first-order valence-electron chi connectivity index (χ1n) is 7.85. The Morgan fingerprint density at radius 2 is 1.76 bits per heavy atom. The molecule has 0 saturated heterocycles. The quantitative estimate of drug-likeness (QED) is 0.411. The van der Waals surface area contributed by atoms with Crippen molar-refractivity contribution >= 4 is 11.7 Å². The van der Waals surface area contributed by atoms with Gasteiger partial charge in [-0.3, -0.25) is 10.1 Å². The molecular formula is C18H19NO6. The zero-order valence-corrected chi connectivity index (χ0v) is 14.1. The van der Waals surface area contributed by atoms with Crippen molar-refractivity contribution in [3.63, 3.8) is 0 Å². The molecule has 0 heterocycles. The molecule has 7 heteroatoms. The molecule has 0 radical (unpaired) electrons. The summed E-state index contributed by atoms with van der Waals surface area (Å²) in [4.78, 5) is 22.5. The third-order valence-electron chi connectivity index (χ3n) is 3.27. The number of ether oxygens (including phenoxy) is 3. The first kappa shape index (κ1) is 18.3. The van der Waals surface area contributed by atoms with Crippen LogP contribution in [0.4, 0.5) is 5.69 Å². The molecule has 132 valence electrons. The fourth-order valence-corrected chi connectivity index (χ4v) is 2.17. The molecule has 2 rings (SSSR count). The third kappa shape index (κ3) is 4.94. The van der Waals surface area contributed by atoms with E-state index in [0.717, 1.165) is 0 Å². The van der Waals surface area contributed by atoms with Crippen molar-refractivity contribution < 1.29 is 23.9 Å². The van der Waals surface area contributed by atoms with Gasteiger partial charge in [-0.2, -0.15) is 0 Å². The van der Waals surface area contributed by atoms with Crippen LogP contribution >= 0.6 is 0 Å². The molecule has 0 N–H and O–H groups in total. The Morgan fingerprint density at radius 3 is 2.44 bits per heavy atom. The summed E-state index contributed by atoms with van der Waals surface area (Å²) < 4.78 is 16.1. The van der Waals surface area contributed by atoms with Gasteiger partial charge in [0, 0.05) is 12.1 Å². The average molecular weight is 345 g/mol. The van der Waals surface area contributed by atoms with Gasteiger partial charge in [-0.15, -0.1) is 0 Å². The van der Waals surface area contributed by atoms with Gasteiger partial charge in [0.25, 0.3) is 5.69 Å². The number of esters is 1. The lowest BCUT2D eigenvalue weighted by molar-refractivity contribution is -0.384. The predicted molar refractivity (Wildman–Crippen MR) is 91.0 cm³/mol. The van der Waals surface area contributed by atoms with Crippen LogP contribution in [0.25, 0.3) is 0 Å². The van der Waals surface area contributed by atoms with Crippen LogP contribution in [0.2, 0.25) is 0 Å². The summed E-state index contributed by atoms with van der Waals surface area (Å²) in [5.74, 6) is 0.476. The maximum absolute atomic E-state index is 12.2. The summed E-state index contributed by atoms with van der Waals surface area (Å²) in [6.07, 6.45) is 0. The Morgan fingerprint density at radius 1 is 1.04 bits per heavy atom. The molecule has 0 amide bonds. The van der Waals surface area contributed by atoms with Crippen LogP contribution in [0.15, 0.2) is 42.5 Å². The Balaban J connectivity index is 2.08. The second-order valence-corrected chi connectivity index (χ2v) is 5.03. The molecule has 0 unspecified atom stereocenters. The normalized spacial score (nSPS) is 10.2. The number of rotatable bonds is 8. The van der Waals surface area contributed by atoms with Gasteiger partial charge in [0.1, 0.15) is 6.61 Å². The van der Waals surface area contributed by atoms with Crippen molar-refractivity contribution in [3.05, 3.63) is 63.7 Å². The van der Waals surface area contributed by atoms with E-state index in [1.165, 1.54) is 12.1 Å². The van der Waals surface area contributed by atoms with Gasteiger partial charge in [-0.1, -0.05) is 12.1 Å². The zero-order chi connectivity index (χ0) is 18.2. The minimum absolute atomic E-state index is 0.0479. The molecule has 0 fully saturated rings. The molecule has 7 nitrogen and oxygen atoms in total. The number of carbonyl (C=O) groups excluding carboxylic acids is 1. The number of nitro groups is 1. The monoisotopic (exact) mass is 345 g/mol. The van der Waals surface area contributed by atoms with E-state index < -0.39 is 10.9 Å². The minimum Gasteiger partial charge on any atom is -0.490 e. The van der Waals surface area contributed by atoms with Crippen molar-refractivity contribution in [1.29, 1.82) is 0 Å². The molecule has 0 saturated carbocycles. The van der Waals surface area contributed by atoms with Gasteiger partial charge in [-0.25, -0.2) is 4.79 Å². The lowest BCUT2D eigenvalue weighted by Crippen LogP contribution is -2.07. The van der Waals surface area contributed by atoms with Gasteiger partial charge >= 0.3 is 5.97 Å². The molecule has 2 aromatic rings. The Hall–Kier alpha value is -3.09. The van der Waals surface area contributed by atoms with Crippen LogP contribution in [0.1, 0.15) is 29.8 Å². The maximum atomic E-state index is 12.2. The van der Waals surface area contributed by atoms with Crippen molar-refractivity contribution in [2.45, 2.75) is 20.5 Å². The van der Waals surface area contributed by atoms with Crippen LogP contribution in [-0.4, -0.2) is 24.1 Å². The van der Waals surface area contributed by atoms with Gasteiger partial charge in [0.2, 0.25) is 0 Å². The van der Waals surface area contributed by atoms with Crippen LogP contribution < -0.4 is 9.47 Å². The SMILES string of the molecule is CCOc1ccc(C(=O)OCc2cccc([N+](=O)[O-])c2)cc1OCC. The second kappa shape index (κ2) is 8.68. The molecule has 0 aliphatic heterocycles. The van der Waals surface area contributed by atoms with E-state index in [2.05, 4.69) is 0 Å². The average Bonchev–Trinajstić information content (AvgIpc) is 2.61. The number of nitro benzene ring substituents is 1.